The average molecular weight is 267 g/mol. The molecule has 2 rings (SSSR count). The summed E-state index contributed by atoms with van der Waals surface area (Å²) in [5, 5.41) is 7.66. The van der Waals surface area contributed by atoms with Gasteiger partial charge < -0.3 is 14.8 Å². The SMILES string of the molecule is CCCn1cc(OC(C)CNCC2CCCO2)cn1. The van der Waals surface area contributed by atoms with Gasteiger partial charge in [0.1, 0.15) is 6.10 Å². The zero-order valence-corrected chi connectivity index (χ0v) is 12.0. The molecule has 0 bridgehead atoms. The summed E-state index contributed by atoms with van der Waals surface area (Å²) < 4.78 is 13.3. The van der Waals surface area contributed by atoms with E-state index in [0.717, 1.165) is 38.4 Å². The highest BCUT2D eigenvalue weighted by Gasteiger charge is 2.15. The molecule has 5 nitrogen and oxygen atoms in total. The first-order valence-electron chi connectivity index (χ1n) is 7.29. The molecule has 2 atom stereocenters. The van der Waals surface area contributed by atoms with E-state index >= 15 is 0 Å². The lowest BCUT2D eigenvalue weighted by Gasteiger charge is -2.16. The average Bonchev–Trinajstić information content (AvgIpc) is 3.02. The van der Waals surface area contributed by atoms with Crippen LogP contribution in [0.25, 0.3) is 0 Å². The number of aryl methyl sites for hydroxylation is 1. The quantitative estimate of drug-likeness (QED) is 0.780. The van der Waals surface area contributed by atoms with Crippen LogP contribution in [-0.4, -0.2) is 41.7 Å². The van der Waals surface area contributed by atoms with Crippen molar-refractivity contribution < 1.29 is 9.47 Å². The van der Waals surface area contributed by atoms with E-state index in [1.165, 1.54) is 12.8 Å². The lowest BCUT2D eigenvalue weighted by molar-refractivity contribution is 0.106. The zero-order chi connectivity index (χ0) is 13.5. The van der Waals surface area contributed by atoms with E-state index < -0.39 is 0 Å². The third-order valence-electron chi connectivity index (χ3n) is 3.23. The van der Waals surface area contributed by atoms with Gasteiger partial charge in [0.25, 0.3) is 0 Å². The first-order chi connectivity index (χ1) is 9.28. The van der Waals surface area contributed by atoms with Crippen molar-refractivity contribution in [3.05, 3.63) is 12.4 Å². The molecule has 0 aromatic carbocycles. The van der Waals surface area contributed by atoms with Gasteiger partial charge in [-0.2, -0.15) is 5.10 Å². The minimum atomic E-state index is 0.140. The molecule has 1 aromatic heterocycles. The molecule has 0 saturated carbocycles. The predicted octanol–water partition coefficient (Wildman–Crippen LogP) is 1.83. The molecule has 2 unspecified atom stereocenters. The van der Waals surface area contributed by atoms with Gasteiger partial charge in [-0.1, -0.05) is 6.92 Å². The highest BCUT2D eigenvalue weighted by atomic mass is 16.5. The van der Waals surface area contributed by atoms with Crippen molar-refractivity contribution in [3.63, 3.8) is 0 Å². The Morgan fingerprint density at radius 3 is 3.26 bits per heavy atom. The van der Waals surface area contributed by atoms with Gasteiger partial charge in [-0.05, 0) is 26.2 Å². The fourth-order valence-corrected chi connectivity index (χ4v) is 2.28. The molecule has 1 N–H and O–H groups in total. The molecule has 0 amide bonds. The molecule has 1 aliphatic heterocycles. The molecule has 19 heavy (non-hydrogen) atoms. The minimum Gasteiger partial charge on any atom is -0.486 e. The predicted molar refractivity (Wildman–Crippen MR) is 74.5 cm³/mol. The molecule has 0 radical (unpaired) electrons. The van der Waals surface area contributed by atoms with Gasteiger partial charge in [0.2, 0.25) is 0 Å². The molecule has 108 valence electrons. The van der Waals surface area contributed by atoms with E-state index in [0.29, 0.717) is 6.10 Å². The Morgan fingerprint density at radius 1 is 1.63 bits per heavy atom. The number of rotatable bonds is 8. The third-order valence-corrected chi connectivity index (χ3v) is 3.23. The van der Waals surface area contributed by atoms with E-state index in [4.69, 9.17) is 9.47 Å². The number of hydrogen-bond acceptors (Lipinski definition) is 4. The summed E-state index contributed by atoms with van der Waals surface area (Å²) in [5.41, 5.74) is 0. The second-order valence-electron chi connectivity index (χ2n) is 5.16. The van der Waals surface area contributed by atoms with Crippen molar-refractivity contribution >= 4 is 0 Å². The summed E-state index contributed by atoms with van der Waals surface area (Å²) >= 11 is 0. The Labute approximate surface area is 115 Å². The standard InChI is InChI=1S/C14H25N3O2/c1-3-6-17-11-14(10-16-17)19-12(2)8-15-9-13-5-4-7-18-13/h10-13,15H,3-9H2,1-2H3. The van der Waals surface area contributed by atoms with Crippen molar-refractivity contribution in [2.45, 2.75) is 51.9 Å². The highest BCUT2D eigenvalue weighted by Crippen LogP contribution is 2.12. The normalized spacial score (nSPS) is 20.6. The van der Waals surface area contributed by atoms with Gasteiger partial charge >= 0.3 is 0 Å². The van der Waals surface area contributed by atoms with Gasteiger partial charge in [0, 0.05) is 26.2 Å². The van der Waals surface area contributed by atoms with Crippen molar-refractivity contribution in [2.75, 3.05) is 19.7 Å². The number of ether oxygens (including phenoxy) is 2. The Hall–Kier alpha value is -1.07. The number of hydrogen-bond donors (Lipinski definition) is 1. The molecule has 5 heteroatoms. The van der Waals surface area contributed by atoms with Gasteiger partial charge in [-0.3, -0.25) is 4.68 Å². The smallest absolute Gasteiger partial charge is 0.157 e. The summed E-state index contributed by atoms with van der Waals surface area (Å²) in [4.78, 5) is 0. The van der Waals surface area contributed by atoms with Crippen LogP contribution in [0.3, 0.4) is 0 Å². The summed E-state index contributed by atoms with van der Waals surface area (Å²) in [6.45, 7) is 7.81. The summed E-state index contributed by atoms with van der Waals surface area (Å²) in [6, 6.07) is 0. The Bertz CT molecular complexity index is 361. The van der Waals surface area contributed by atoms with E-state index in [1.54, 1.807) is 6.20 Å². The van der Waals surface area contributed by atoms with Gasteiger partial charge in [0.15, 0.2) is 5.75 Å². The molecule has 1 aromatic rings. The van der Waals surface area contributed by atoms with Gasteiger partial charge in [-0.15, -0.1) is 0 Å². The highest BCUT2D eigenvalue weighted by molar-refractivity contribution is 5.12. The molecule has 1 fully saturated rings. The van der Waals surface area contributed by atoms with Crippen molar-refractivity contribution in [1.29, 1.82) is 0 Å². The molecule has 0 aliphatic carbocycles. The minimum absolute atomic E-state index is 0.140. The number of aromatic nitrogens is 2. The zero-order valence-electron chi connectivity index (χ0n) is 12.0. The molecule has 1 aliphatic rings. The number of nitrogens with one attached hydrogen (secondary N) is 1. The van der Waals surface area contributed by atoms with Gasteiger partial charge in [0.05, 0.1) is 18.5 Å². The largest absolute Gasteiger partial charge is 0.486 e. The lowest BCUT2D eigenvalue weighted by Crippen LogP contribution is -2.34. The molecule has 2 heterocycles. The summed E-state index contributed by atoms with van der Waals surface area (Å²) in [7, 11) is 0. The molecular formula is C14H25N3O2. The van der Waals surface area contributed by atoms with Gasteiger partial charge in [-0.25, -0.2) is 0 Å². The van der Waals surface area contributed by atoms with E-state index in [-0.39, 0.29) is 6.10 Å². The summed E-state index contributed by atoms with van der Waals surface area (Å²) in [6.07, 6.45) is 7.72. The second kappa shape index (κ2) is 7.50. The van der Waals surface area contributed by atoms with Crippen LogP contribution in [0.15, 0.2) is 12.4 Å². The fraction of sp³-hybridized carbons (Fsp3) is 0.786. The first kappa shape index (κ1) is 14.3. The van der Waals surface area contributed by atoms with Crippen LogP contribution in [-0.2, 0) is 11.3 Å². The van der Waals surface area contributed by atoms with Crippen molar-refractivity contribution in [2.24, 2.45) is 0 Å². The maximum Gasteiger partial charge on any atom is 0.157 e. The van der Waals surface area contributed by atoms with Crippen LogP contribution in [0.5, 0.6) is 5.75 Å². The maximum absolute atomic E-state index is 5.82. The monoisotopic (exact) mass is 267 g/mol. The second-order valence-corrected chi connectivity index (χ2v) is 5.16. The molecule has 0 spiro atoms. The van der Waals surface area contributed by atoms with E-state index in [1.807, 2.05) is 10.9 Å². The third kappa shape index (κ3) is 4.84. The Kier molecular flexibility index (Phi) is 5.66. The molecular weight excluding hydrogens is 242 g/mol. The van der Waals surface area contributed by atoms with Crippen molar-refractivity contribution in [3.8, 4) is 5.75 Å². The van der Waals surface area contributed by atoms with E-state index in [9.17, 15) is 0 Å². The topological polar surface area (TPSA) is 48.3 Å². The Balaban J connectivity index is 1.63. The van der Waals surface area contributed by atoms with Crippen LogP contribution in [0.4, 0.5) is 0 Å². The van der Waals surface area contributed by atoms with E-state index in [2.05, 4.69) is 24.3 Å². The van der Waals surface area contributed by atoms with Crippen LogP contribution >= 0.6 is 0 Å². The lowest BCUT2D eigenvalue weighted by atomic mass is 10.2. The maximum atomic E-state index is 5.82. The van der Waals surface area contributed by atoms with Crippen molar-refractivity contribution in [1.82, 2.24) is 15.1 Å². The fourth-order valence-electron chi connectivity index (χ4n) is 2.28. The number of nitrogens with zero attached hydrogens (tertiary/aromatic N) is 2. The molecule has 1 saturated heterocycles. The summed E-state index contributed by atoms with van der Waals surface area (Å²) in [5.74, 6) is 0.847. The van der Waals surface area contributed by atoms with Crippen LogP contribution in [0, 0.1) is 0 Å². The first-order valence-corrected chi connectivity index (χ1v) is 7.29. The van der Waals surface area contributed by atoms with Crippen LogP contribution in [0.2, 0.25) is 0 Å². The van der Waals surface area contributed by atoms with Crippen LogP contribution < -0.4 is 10.1 Å². The van der Waals surface area contributed by atoms with Crippen LogP contribution in [0.1, 0.15) is 33.1 Å². The Morgan fingerprint density at radius 2 is 2.53 bits per heavy atom.